The summed E-state index contributed by atoms with van der Waals surface area (Å²) >= 11 is 0. The van der Waals surface area contributed by atoms with Gasteiger partial charge in [0.1, 0.15) is 0 Å². The minimum absolute atomic E-state index is 0.199. The van der Waals surface area contributed by atoms with E-state index in [1.54, 1.807) is 0 Å². The zero-order chi connectivity index (χ0) is 10.6. The zero-order valence-electron chi connectivity index (χ0n) is 7.30. The van der Waals surface area contributed by atoms with E-state index in [1.165, 1.54) is 18.2 Å². The first-order valence-corrected chi connectivity index (χ1v) is 3.99. The quantitative estimate of drug-likeness (QED) is 0.583. The van der Waals surface area contributed by atoms with Crippen molar-refractivity contribution in [2.45, 2.75) is 12.8 Å². The molecule has 1 aromatic carbocycles. The standard InChI is InChI=1S/C9H8N2O3/c10-6-2-4-7-3-1-5-8(12)9(7)11(13)14/h1,3,5,12H,2,4H2. The van der Waals surface area contributed by atoms with Crippen LogP contribution in [0.3, 0.4) is 0 Å². The Balaban J connectivity index is 3.09. The van der Waals surface area contributed by atoms with Gasteiger partial charge in [0.15, 0.2) is 5.75 Å². The number of hydrogen-bond acceptors (Lipinski definition) is 4. The fraction of sp³-hybridized carbons (Fsp3) is 0.222. The third-order valence-electron chi connectivity index (χ3n) is 1.79. The highest BCUT2D eigenvalue weighted by molar-refractivity contribution is 5.51. The Morgan fingerprint density at radius 1 is 1.57 bits per heavy atom. The molecule has 0 heterocycles. The molecule has 0 radical (unpaired) electrons. The molecule has 0 bridgehead atoms. The summed E-state index contributed by atoms with van der Waals surface area (Å²) in [5, 5.41) is 28.1. The summed E-state index contributed by atoms with van der Waals surface area (Å²) in [7, 11) is 0. The number of nitro groups is 1. The second kappa shape index (κ2) is 4.23. The van der Waals surface area contributed by atoms with E-state index in [1.807, 2.05) is 6.07 Å². The summed E-state index contributed by atoms with van der Waals surface area (Å²) in [6.45, 7) is 0. The molecule has 5 heteroatoms. The lowest BCUT2D eigenvalue weighted by atomic mass is 10.1. The number of nitriles is 1. The first-order chi connectivity index (χ1) is 6.66. The number of hydrogen-bond donors (Lipinski definition) is 1. The van der Waals surface area contributed by atoms with Crippen molar-refractivity contribution < 1.29 is 10.0 Å². The number of phenolic OH excluding ortho intramolecular Hbond substituents is 1. The van der Waals surface area contributed by atoms with Crippen molar-refractivity contribution in [3.05, 3.63) is 33.9 Å². The number of nitrogens with zero attached hydrogens (tertiary/aromatic N) is 2. The molecular weight excluding hydrogens is 184 g/mol. The van der Waals surface area contributed by atoms with Gasteiger partial charge in [0.25, 0.3) is 0 Å². The van der Waals surface area contributed by atoms with Crippen LogP contribution in [0.2, 0.25) is 0 Å². The van der Waals surface area contributed by atoms with Crippen LogP contribution >= 0.6 is 0 Å². The Morgan fingerprint density at radius 3 is 2.86 bits per heavy atom. The van der Waals surface area contributed by atoms with Crippen LogP contribution < -0.4 is 0 Å². The summed E-state index contributed by atoms with van der Waals surface area (Å²) in [5.41, 5.74) is 0.0827. The smallest absolute Gasteiger partial charge is 0.313 e. The number of benzene rings is 1. The predicted octanol–water partition coefficient (Wildman–Crippen LogP) is 1.76. The summed E-state index contributed by atoms with van der Waals surface area (Å²) in [4.78, 5) is 9.93. The molecule has 0 aliphatic heterocycles. The van der Waals surface area contributed by atoms with Gasteiger partial charge in [-0.1, -0.05) is 12.1 Å². The second-order valence-corrected chi connectivity index (χ2v) is 2.70. The van der Waals surface area contributed by atoms with E-state index in [4.69, 9.17) is 5.26 Å². The lowest BCUT2D eigenvalue weighted by Crippen LogP contribution is -1.95. The van der Waals surface area contributed by atoms with Crippen LogP contribution in [-0.2, 0) is 6.42 Å². The van der Waals surface area contributed by atoms with E-state index >= 15 is 0 Å². The maximum Gasteiger partial charge on any atom is 0.313 e. The molecule has 0 spiro atoms. The van der Waals surface area contributed by atoms with Crippen molar-refractivity contribution in [2.75, 3.05) is 0 Å². The Bertz CT molecular complexity index is 396. The molecule has 0 aliphatic carbocycles. The largest absolute Gasteiger partial charge is 0.502 e. The van der Waals surface area contributed by atoms with Crippen LogP contribution in [0.5, 0.6) is 5.75 Å². The maximum atomic E-state index is 10.6. The molecule has 0 atom stereocenters. The Labute approximate surface area is 80.4 Å². The van der Waals surface area contributed by atoms with Gasteiger partial charge in [-0.15, -0.1) is 0 Å². The van der Waals surface area contributed by atoms with Crippen LogP contribution in [0, 0.1) is 21.4 Å². The van der Waals surface area contributed by atoms with E-state index in [2.05, 4.69) is 0 Å². The third-order valence-corrected chi connectivity index (χ3v) is 1.79. The van der Waals surface area contributed by atoms with Crippen molar-refractivity contribution in [2.24, 2.45) is 0 Å². The minimum Gasteiger partial charge on any atom is -0.502 e. The van der Waals surface area contributed by atoms with Gasteiger partial charge in [0, 0.05) is 12.0 Å². The summed E-state index contributed by atoms with van der Waals surface area (Å²) in [5.74, 6) is -0.356. The van der Waals surface area contributed by atoms with Gasteiger partial charge in [0.05, 0.1) is 11.0 Å². The van der Waals surface area contributed by atoms with E-state index < -0.39 is 4.92 Å². The highest BCUT2D eigenvalue weighted by atomic mass is 16.6. The van der Waals surface area contributed by atoms with E-state index in [0.29, 0.717) is 5.56 Å². The number of phenols is 1. The van der Waals surface area contributed by atoms with Crippen LogP contribution in [-0.4, -0.2) is 10.0 Å². The highest BCUT2D eigenvalue weighted by Crippen LogP contribution is 2.29. The van der Waals surface area contributed by atoms with Crippen LogP contribution in [0.25, 0.3) is 0 Å². The fourth-order valence-electron chi connectivity index (χ4n) is 1.18. The molecule has 0 saturated heterocycles. The molecule has 72 valence electrons. The number of aryl methyl sites for hydroxylation is 1. The third kappa shape index (κ3) is 1.98. The van der Waals surface area contributed by atoms with Crippen LogP contribution in [0.15, 0.2) is 18.2 Å². The van der Waals surface area contributed by atoms with Crippen molar-refractivity contribution in [3.63, 3.8) is 0 Å². The molecule has 0 saturated carbocycles. The molecule has 0 amide bonds. The van der Waals surface area contributed by atoms with Crippen LogP contribution in [0.4, 0.5) is 5.69 Å². The lowest BCUT2D eigenvalue weighted by molar-refractivity contribution is -0.386. The molecule has 5 nitrogen and oxygen atoms in total. The van der Waals surface area contributed by atoms with Gasteiger partial charge in [-0.05, 0) is 12.5 Å². The highest BCUT2D eigenvalue weighted by Gasteiger charge is 2.18. The predicted molar refractivity (Wildman–Crippen MR) is 48.7 cm³/mol. The first-order valence-electron chi connectivity index (χ1n) is 3.99. The molecule has 0 aliphatic rings. The fourth-order valence-corrected chi connectivity index (χ4v) is 1.18. The second-order valence-electron chi connectivity index (χ2n) is 2.70. The number of nitro benzene ring substituents is 1. The Kier molecular flexibility index (Phi) is 3.02. The van der Waals surface area contributed by atoms with Crippen molar-refractivity contribution >= 4 is 5.69 Å². The number of aromatic hydroxyl groups is 1. The van der Waals surface area contributed by atoms with Crippen LogP contribution in [0.1, 0.15) is 12.0 Å². The molecule has 0 aromatic heterocycles. The van der Waals surface area contributed by atoms with Crippen molar-refractivity contribution in [1.29, 1.82) is 5.26 Å². The van der Waals surface area contributed by atoms with Gasteiger partial charge in [-0.3, -0.25) is 10.1 Å². The average molecular weight is 192 g/mol. The van der Waals surface area contributed by atoms with Gasteiger partial charge >= 0.3 is 5.69 Å². The van der Waals surface area contributed by atoms with E-state index in [-0.39, 0.29) is 24.3 Å². The van der Waals surface area contributed by atoms with Gasteiger partial charge in [-0.25, -0.2) is 0 Å². The molecule has 1 rings (SSSR count). The lowest BCUT2D eigenvalue weighted by Gasteiger charge is -2.01. The van der Waals surface area contributed by atoms with E-state index in [9.17, 15) is 15.2 Å². The van der Waals surface area contributed by atoms with Gasteiger partial charge in [-0.2, -0.15) is 5.26 Å². The topological polar surface area (TPSA) is 87.2 Å². The zero-order valence-corrected chi connectivity index (χ0v) is 7.30. The Hall–Kier alpha value is -2.09. The molecule has 14 heavy (non-hydrogen) atoms. The SMILES string of the molecule is N#CCCc1cccc(O)c1[N+](=O)[O-]. The number of para-hydroxylation sites is 1. The molecule has 1 aromatic rings. The number of rotatable bonds is 3. The average Bonchev–Trinajstić information content (AvgIpc) is 2.14. The molecule has 0 unspecified atom stereocenters. The minimum atomic E-state index is -0.637. The first kappa shape index (κ1) is 9.99. The van der Waals surface area contributed by atoms with Crippen molar-refractivity contribution in [3.8, 4) is 11.8 Å². The maximum absolute atomic E-state index is 10.6. The van der Waals surface area contributed by atoms with Crippen molar-refractivity contribution in [1.82, 2.24) is 0 Å². The Morgan fingerprint density at radius 2 is 2.29 bits per heavy atom. The normalized spacial score (nSPS) is 9.36. The monoisotopic (exact) mass is 192 g/mol. The molecule has 0 fully saturated rings. The summed E-state index contributed by atoms with van der Waals surface area (Å²) in [6, 6.07) is 6.22. The summed E-state index contributed by atoms with van der Waals surface area (Å²) < 4.78 is 0. The molecular formula is C9H8N2O3. The van der Waals surface area contributed by atoms with Gasteiger partial charge in [0.2, 0.25) is 0 Å². The molecule has 1 N–H and O–H groups in total. The van der Waals surface area contributed by atoms with E-state index in [0.717, 1.165) is 0 Å². The summed E-state index contributed by atoms with van der Waals surface area (Å²) in [6.07, 6.45) is 0.478. The van der Waals surface area contributed by atoms with Gasteiger partial charge < -0.3 is 5.11 Å².